The highest BCUT2D eigenvalue weighted by Gasteiger charge is 2.18. The molecule has 0 radical (unpaired) electrons. The Bertz CT molecular complexity index is 1450. The zero-order chi connectivity index (χ0) is 26.0. The van der Waals surface area contributed by atoms with Crippen molar-refractivity contribution in [1.29, 1.82) is 0 Å². The average molecular weight is 551 g/mol. The predicted molar refractivity (Wildman–Crippen MR) is 137 cm³/mol. The number of aromatic nitrogens is 3. The Hall–Kier alpha value is -3.21. The molecule has 12 heteroatoms. The molecule has 190 valence electrons. The van der Waals surface area contributed by atoms with E-state index in [-0.39, 0.29) is 38.1 Å². The van der Waals surface area contributed by atoms with E-state index in [0.717, 1.165) is 22.7 Å². The standard InChI is InChI=1S/C24H24Cl2N4O5S/c1-13-10-23-28-20(14(2)30(23)29-13)8-9-27-24(32)15(3)34-22-7-5-17(12-19(22)26)36(33)35-16-4-6-21(31)18(25)11-16/h4-7,10-12,15,29,31H,8-9H2,1-3H3,(H,27,32). The van der Waals surface area contributed by atoms with Crippen molar-refractivity contribution in [3.05, 3.63) is 69.6 Å². The lowest BCUT2D eigenvalue weighted by Crippen LogP contribution is -2.37. The van der Waals surface area contributed by atoms with Crippen LogP contribution in [0.1, 0.15) is 24.0 Å². The van der Waals surface area contributed by atoms with Crippen LogP contribution in [0, 0.1) is 13.8 Å². The number of aromatic amines is 1. The Kier molecular flexibility index (Phi) is 7.77. The Morgan fingerprint density at radius 3 is 2.67 bits per heavy atom. The van der Waals surface area contributed by atoms with Gasteiger partial charge in [0.15, 0.2) is 11.8 Å². The van der Waals surface area contributed by atoms with Crippen LogP contribution in [-0.2, 0) is 22.3 Å². The van der Waals surface area contributed by atoms with Crippen LogP contribution in [0.2, 0.25) is 10.0 Å². The number of nitrogens with zero attached hydrogens (tertiary/aromatic N) is 2. The van der Waals surface area contributed by atoms with Crippen molar-refractivity contribution in [2.45, 2.75) is 38.2 Å². The number of aryl methyl sites for hydroxylation is 2. The third-order valence-electron chi connectivity index (χ3n) is 5.39. The van der Waals surface area contributed by atoms with E-state index in [1.165, 1.54) is 36.4 Å². The topological polar surface area (TPSA) is 118 Å². The van der Waals surface area contributed by atoms with Gasteiger partial charge in [-0.05, 0) is 51.1 Å². The summed E-state index contributed by atoms with van der Waals surface area (Å²) >= 11 is 10.3. The van der Waals surface area contributed by atoms with Gasteiger partial charge >= 0.3 is 0 Å². The minimum Gasteiger partial charge on any atom is -0.506 e. The third-order valence-corrected chi connectivity index (χ3v) is 6.97. The Morgan fingerprint density at radius 1 is 1.19 bits per heavy atom. The summed E-state index contributed by atoms with van der Waals surface area (Å²) in [5.41, 5.74) is 3.77. The van der Waals surface area contributed by atoms with Crippen LogP contribution < -0.4 is 14.2 Å². The molecule has 1 amide bonds. The molecule has 0 saturated heterocycles. The smallest absolute Gasteiger partial charge is 0.260 e. The first-order valence-corrected chi connectivity index (χ1v) is 12.8. The number of rotatable bonds is 9. The molecular weight excluding hydrogens is 527 g/mol. The zero-order valence-electron chi connectivity index (χ0n) is 19.7. The number of hydrogen-bond acceptors (Lipinski definition) is 6. The van der Waals surface area contributed by atoms with Crippen molar-refractivity contribution in [3.63, 3.8) is 0 Å². The summed E-state index contributed by atoms with van der Waals surface area (Å²) in [6.45, 7) is 5.96. The molecule has 0 aliphatic rings. The molecule has 2 atom stereocenters. The average Bonchev–Trinajstić information content (AvgIpc) is 3.33. The first-order chi connectivity index (χ1) is 17.1. The van der Waals surface area contributed by atoms with E-state index in [1.54, 1.807) is 6.92 Å². The molecule has 0 spiro atoms. The molecule has 4 aromatic rings. The number of carbonyl (C=O) groups is 1. The predicted octanol–water partition coefficient (Wildman–Crippen LogP) is 4.52. The lowest BCUT2D eigenvalue weighted by molar-refractivity contribution is -0.127. The van der Waals surface area contributed by atoms with Crippen molar-refractivity contribution < 1.29 is 23.0 Å². The van der Waals surface area contributed by atoms with Gasteiger partial charge in [-0.15, -0.1) is 0 Å². The second-order valence-corrected chi connectivity index (χ2v) is 10.0. The number of hydrogen-bond donors (Lipinski definition) is 3. The van der Waals surface area contributed by atoms with E-state index in [1.807, 2.05) is 24.4 Å². The molecule has 36 heavy (non-hydrogen) atoms. The van der Waals surface area contributed by atoms with Gasteiger partial charge in [-0.3, -0.25) is 9.89 Å². The van der Waals surface area contributed by atoms with Crippen molar-refractivity contribution in [3.8, 4) is 17.2 Å². The SMILES string of the molecule is Cc1cc2nc(CCNC(=O)C(C)Oc3ccc(S(=O)Oc4ccc(O)c(Cl)c4)cc3Cl)c(C)n2[nH]1. The van der Waals surface area contributed by atoms with Crippen molar-refractivity contribution in [1.82, 2.24) is 19.9 Å². The monoisotopic (exact) mass is 550 g/mol. The third kappa shape index (κ3) is 5.77. The molecule has 4 rings (SSSR count). The number of imidazole rings is 1. The minimum absolute atomic E-state index is 0.0755. The lowest BCUT2D eigenvalue weighted by atomic mass is 10.2. The summed E-state index contributed by atoms with van der Waals surface area (Å²) < 4.78 is 25.5. The first kappa shape index (κ1) is 25.9. The fourth-order valence-electron chi connectivity index (χ4n) is 3.49. The van der Waals surface area contributed by atoms with Crippen LogP contribution in [0.15, 0.2) is 47.4 Å². The summed E-state index contributed by atoms with van der Waals surface area (Å²) in [5.74, 6) is 0.0743. The van der Waals surface area contributed by atoms with Crippen LogP contribution in [0.4, 0.5) is 0 Å². The number of ether oxygens (including phenoxy) is 1. The summed E-state index contributed by atoms with van der Waals surface area (Å²) in [4.78, 5) is 17.4. The molecule has 2 heterocycles. The van der Waals surface area contributed by atoms with Gasteiger partial charge in [0.25, 0.3) is 5.91 Å². The number of benzene rings is 2. The highest BCUT2D eigenvalue weighted by molar-refractivity contribution is 7.80. The molecule has 2 unspecified atom stereocenters. The van der Waals surface area contributed by atoms with Crippen molar-refractivity contribution >= 4 is 45.8 Å². The van der Waals surface area contributed by atoms with Gasteiger partial charge in [-0.1, -0.05) is 23.2 Å². The first-order valence-electron chi connectivity index (χ1n) is 11.0. The number of carbonyl (C=O) groups excluding carboxylic acids is 1. The van der Waals surface area contributed by atoms with Crippen molar-refractivity contribution in [2.75, 3.05) is 6.54 Å². The van der Waals surface area contributed by atoms with Crippen LogP contribution >= 0.6 is 23.2 Å². The summed E-state index contributed by atoms with van der Waals surface area (Å²) in [5, 5.41) is 15.8. The molecule has 2 aromatic carbocycles. The van der Waals surface area contributed by atoms with Gasteiger partial charge < -0.3 is 19.3 Å². The Labute approximate surface area is 220 Å². The number of aromatic hydroxyl groups is 1. The van der Waals surface area contributed by atoms with Gasteiger partial charge in [0.05, 0.1) is 26.3 Å². The maximum absolute atomic E-state index is 12.5. The van der Waals surface area contributed by atoms with E-state index in [2.05, 4.69) is 15.4 Å². The van der Waals surface area contributed by atoms with Crippen LogP contribution in [0.3, 0.4) is 0 Å². The van der Waals surface area contributed by atoms with Crippen LogP contribution in [0.25, 0.3) is 5.65 Å². The molecule has 0 saturated carbocycles. The number of fused-ring (bicyclic) bond motifs is 1. The highest BCUT2D eigenvalue weighted by Crippen LogP contribution is 2.31. The minimum atomic E-state index is -1.89. The number of H-pyrrole nitrogens is 1. The highest BCUT2D eigenvalue weighted by atomic mass is 35.5. The number of amides is 1. The molecule has 0 aliphatic carbocycles. The fraction of sp³-hybridized carbons (Fsp3) is 0.250. The van der Waals surface area contributed by atoms with Crippen LogP contribution in [0.5, 0.6) is 17.2 Å². The number of halogens is 2. The number of phenolic OH excluding ortho intramolecular Hbond substituents is 1. The molecule has 0 fully saturated rings. The molecule has 9 nitrogen and oxygen atoms in total. The summed E-state index contributed by atoms with van der Waals surface area (Å²) in [7, 11) is 0. The number of nitrogens with one attached hydrogen (secondary N) is 2. The Balaban J connectivity index is 1.31. The molecule has 0 aliphatic heterocycles. The van der Waals surface area contributed by atoms with E-state index in [9.17, 15) is 14.1 Å². The van der Waals surface area contributed by atoms with Gasteiger partial charge in [-0.2, -0.15) is 0 Å². The normalized spacial score (nSPS) is 12.9. The fourth-order valence-corrected chi connectivity index (χ4v) is 4.72. The lowest BCUT2D eigenvalue weighted by Gasteiger charge is -2.16. The van der Waals surface area contributed by atoms with Gasteiger partial charge in [0, 0.05) is 30.8 Å². The van der Waals surface area contributed by atoms with Gasteiger partial charge in [0.1, 0.15) is 17.2 Å². The molecule has 3 N–H and O–H groups in total. The second kappa shape index (κ2) is 10.8. The molecule has 2 aromatic heterocycles. The van der Waals surface area contributed by atoms with E-state index in [0.29, 0.717) is 13.0 Å². The van der Waals surface area contributed by atoms with E-state index >= 15 is 0 Å². The van der Waals surface area contributed by atoms with E-state index in [4.69, 9.17) is 32.1 Å². The van der Waals surface area contributed by atoms with Gasteiger partial charge in [-0.25, -0.2) is 13.7 Å². The molecule has 0 bridgehead atoms. The second-order valence-electron chi connectivity index (χ2n) is 8.10. The number of phenols is 1. The quantitative estimate of drug-likeness (QED) is 0.282. The van der Waals surface area contributed by atoms with Crippen molar-refractivity contribution in [2.24, 2.45) is 0 Å². The van der Waals surface area contributed by atoms with Crippen LogP contribution in [-0.4, -0.2) is 42.5 Å². The van der Waals surface area contributed by atoms with Gasteiger partial charge in [0.2, 0.25) is 11.1 Å². The zero-order valence-corrected chi connectivity index (χ0v) is 22.0. The van der Waals surface area contributed by atoms with E-state index < -0.39 is 17.2 Å². The maximum atomic E-state index is 12.5. The summed E-state index contributed by atoms with van der Waals surface area (Å²) in [6, 6.07) is 10.6. The Morgan fingerprint density at radius 2 is 1.97 bits per heavy atom. The largest absolute Gasteiger partial charge is 0.506 e. The summed E-state index contributed by atoms with van der Waals surface area (Å²) in [6.07, 6.45) is -0.235. The maximum Gasteiger partial charge on any atom is 0.260 e. The molecular formula is C24H24Cl2N4O5S.